The second-order valence-electron chi connectivity index (χ2n) is 3.73. The Kier molecular flexibility index (Phi) is 2.77. The lowest BCUT2D eigenvalue weighted by atomic mass is 10.1. The predicted octanol–water partition coefficient (Wildman–Crippen LogP) is 2.76. The smallest absolute Gasteiger partial charge is 0.130 e. The number of pyridine rings is 1. The summed E-state index contributed by atoms with van der Waals surface area (Å²) in [7, 11) is 0. The first-order valence-electron chi connectivity index (χ1n) is 5.09. The van der Waals surface area contributed by atoms with Crippen LogP contribution in [0.3, 0.4) is 0 Å². The van der Waals surface area contributed by atoms with E-state index in [1.54, 1.807) is 13.1 Å². The Hall–Kier alpha value is -1.70. The van der Waals surface area contributed by atoms with Gasteiger partial charge in [0.25, 0.3) is 0 Å². The lowest BCUT2D eigenvalue weighted by Gasteiger charge is -2.01. The summed E-state index contributed by atoms with van der Waals surface area (Å²) in [6.45, 7) is 1.63. The summed E-state index contributed by atoms with van der Waals surface area (Å²) < 4.78 is 0. The molecule has 15 heavy (non-hydrogen) atoms. The van der Waals surface area contributed by atoms with E-state index in [9.17, 15) is 4.79 Å². The minimum absolute atomic E-state index is 0.237. The number of carbonyl (C=O) groups is 1. The van der Waals surface area contributed by atoms with Gasteiger partial charge in [-0.1, -0.05) is 12.1 Å². The second kappa shape index (κ2) is 4.22. The van der Waals surface area contributed by atoms with E-state index in [0.29, 0.717) is 6.42 Å². The number of benzene rings is 1. The SMILES string of the molecule is CC(=O)CCc1ccc2ncccc2c1. The molecule has 2 aromatic rings. The molecule has 0 saturated heterocycles. The minimum Gasteiger partial charge on any atom is -0.300 e. The Morgan fingerprint density at radius 3 is 3.00 bits per heavy atom. The van der Waals surface area contributed by atoms with Crippen LogP contribution in [0.25, 0.3) is 10.9 Å². The van der Waals surface area contributed by atoms with E-state index in [1.807, 2.05) is 24.3 Å². The predicted molar refractivity (Wildman–Crippen MR) is 60.7 cm³/mol. The van der Waals surface area contributed by atoms with Crippen molar-refractivity contribution in [2.45, 2.75) is 19.8 Å². The Bertz CT molecular complexity index is 491. The maximum absolute atomic E-state index is 10.9. The van der Waals surface area contributed by atoms with Crippen LogP contribution in [0.5, 0.6) is 0 Å². The Balaban J connectivity index is 2.26. The molecular weight excluding hydrogens is 186 g/mol. The van der Waals surface area contributed by atoms with Gasteiger partial charge in [-0.05, 0) is 37.1 Å². The molecule has 0 spiro atoms. The Morgan fingerprint density at radius 2 is 2.20 bits per heavy atom. The first kappa shape index (κ1) is 9.84. The van der Waals surface area contributed by atoms with Crippen molar-refractivity contribution in [2.75, 3.05) is 0 Å². The first-order valence-corrected chi connectivity index (χ1v) is 5.09. The molecule has 0 atom stereocenters. The van der Waals surface area contributed by atoms with Crippen LogP contribution in [0, 0.1) is 0 Å². The van der Waals surface area contributed by atoms with E-state index < -0.39 is 0 Å². The Morgan fingerprint density at radius 1 is 1.33 bits per heavy atom. The molecule has 0 aliphatic rings. The molecule has 0 aliphatic carbocycles. The molecule has 0 bridgehead atoms. The van der Waals surface area contributed by atoms with Gasteiger partial charge in [0.05, 0.1) is 5.52 Å². The van der Waals surface area contributed by atoms with Gasteiger partial charge in [-0.25, -0.2) is 0 Å². The topological polar surface area (TPSA) is 30.0 Å². The van der Waals surface area contributed by atoms with Crippen LogP contribution in [0.1, 0.15) is 18.9 Å². The number of rotatable bonds is 3. The van der Waals surface area contributed by atoms with Crippen molar-refractivity contribution >= 4 is 16.7 Å². The zero-order valence-corrected chi connectivity index (χ0v) is 8.73. The molecule has 0 amide bonds. The van der Waals surface area contributed by atoms with E-state index in [4.69, 9.17) is 0 Å². The van der Waals surface area contributed by atoms with Crippen LogP contribution in [-0.2, 0) is 11.2 Å². The summed E-state index contributed by atoms with van der Waals surface area (Å²) in [4.78, 5) is 15.1. The molecule has 2 heteroatoms. The summed E-state index contributed by atoms with van der Waals surface area (Å²) in [6, 6.07) is 10.1. The van der Waals surface area contributed by atoms with Gasteiger partial charge in [-0.2, -0.15) is 0 Å². The molecule has 0 fully saturated rings. The highest BCUT2D eigenvalue weighted by atomic mass is 16.1. The van der Waals surface area contributed by atoms with Gasteiger partial charge in [0.1, 0.15) is 5.78 Å². The van der Waals surface area contributed by atoms with Gasteiger partial charge in [0.2, 0.25) is 0 Å². The molecule has 0 unspecified atom stereocenters. The third-order valence-electron chi connectivity index (χ3n) is 2.43. The number of fused-ring (bicyclic) bond motifs is 1. The molecule has 2 nitrogen and oxygen atoms in total. The molecule has 1 aromatic carbocycles. The second-order valence-corrected chi connectivity index (χ2v) is 3.73. The maximum Gasteiger partial charge on any atom is 0.130 e. The monoisotopic (exact) mass is 199 g/mol. The van der Waals surface area contributed by atoms with Crippen LogP contribution in [0.2, 0.25) is 0 Å². The number of ketones is 1. The van der Waals surface area contributed by atoms with Crippen LogP contribution in [-0.4, -0.2) is 10.8 Å². The number of hydrogen-bond donors (Lipinski definition) is 0. The number of carbonyl (C=O) groups excluding carboxylic acids is 1. The van der Waals surface area contributed by atoms with Crippen molar-refractivity contribution in [1.29, 1.82) is 0 Å². The van der Waals surface area contributed by atoms with E-state index in [-0.39, 0.29) is 5.78 Å². The highest BCUT2D eigenvalue weighted by molar-refractivity contribution is 5.79. The molecule has 76 valence electrons. The highest BCUT2D eigenvalue weighted by Crippen LogP contribution is 2.14. The third-order valence-corrected chi connectivity index (χ3v) is 2.43. The van der Waals surface area contributed by atoms with Gasteiger partial charge in [0, 0.05) is 18.0 Å². The summed E-state index contributed by atoms with van der Waals surface area (Å²) >= 11 is 0. The minimum atomic E-state index is 0.237. The lowest BCUT2D eigenvalue weighted by molar-refractivity contribution is -0.116. The van der Waals surface area contributed by atoms with E-state index in [0.717, 1.165) is 17.3 Å². The van der Waals surface area contributed by atoms with Crippen molar-refractivity contribution in [2.24, 2.45) is 0 Å². The van der Waals surface area contributed by atoms with Crippen LogP contribution in [0.4, 0.5) is 0 Å². The molecule has 0 saturated carbocycles. The van der Waals surface area contributed by atoms with Gasteiger partial charge < -0.3 is 4.79 Å². The van der Waals surface area contributed by atoms with E-state index in [2.05, 4.69) is 11.1 Å². The Labute approximate surface area is 89.0 Å². The first-order chi connectivity index (χ1) is 7.25. The summed E-state index contributed by atoms with van der Waals surface area (Å²) in [6.07, 6.45) is 3.23. The fourth-order valence-corrected chi connectivity index (χ4v) is 1.60. The molecule has 0 N–H and O–H groups in total. The number of nitrogens with zero attached hydrogens (tertiary/aromatic N) is 1. The number of aryl methyl sites for hydroxylation is 1. The molecule has 1 aromatic heterocycles. The van der Waals surface area contributed by atoms with Gasteiger partial charge in [-0.3, -0.25) is 4.98 Å². The fourth-order valence-electron chi connectivity index (χ4n) is 1.60. The molecule has 2 rings (SSSR count). The molecule has 0 aliphatic heterocycles. The number of aromatic nitrogens is 1. The average molecular weight is 199 g/mol. The molecule has 1 heterocycles. The largest absolute Gasteiger partial charge is 0.300 e. The zero-order chi connectivity index (χ0) is 10.7. The summed E-state index contributed by atoms with van der Waals surface area (Å²) in [5.74, 6) is 0.237. The fraction of sp³-hybridized carbons (Fsp3) is 0.231. The normalized spacial score (nSPS) is 10.5. The van der Waals surface area contributed by atoms with Crippen LogP contribution < -0.4 is 0 Å². The highest BCUT2D eigenvalue weighted by Gasteiger charge is 1.98. The lowest BCUT2D eigenvalue weighted by Crippen LogP contribution is -1.93. The van der Waals surface area contributed by atoms with Crippen LogP contribution in [0.15, 0.2) is 36.5 Å². The van der Waals surface area contributed by atoms with Gasteiger partial charge in [-0.15, -0.1) is 0 Å². The molecule has 0 radical (unpaired) electrons. The van der Waals surface area contributed by atoms with Crippen molar-refractivity contribution in [3.8, 4) is 0 Å². The van der Waals surface area contributed by atoms with Crippen molar-refractivity contribution in [3.05, 3.63) is 42.1 Å². The van der Waals surface area contributed by atoms with Gasteiger partial charge in [0.15, 0.2) is 0 Å². The standard InChI is InChI=1S/C13H13NO/c1-10(15)4-5-11-6-7-13-12(9-11)3-2-8-14-13/h2-3,6-9H,4-5H2,1H3. The molecular formula is C13H13NO. The number of hydrogen-bond acceptors (Lipinski definition) is 2. The zero-order valence-electron chi connectivity index (χ0n) is 8.73. The van der Waals surface area contributed by atoms with Crippen molar-refractivity contribution < 1.29 is 4.79 Å². The summed E-state index contributed by atoms with van der Waals surface area (Å²) in [5, 5.41) is 1.14. The quantitative estimate of drug-likeness (QED) is 0.760. The van der Waals surface area contributed by atoms with Crippen molar-refractivity contribution in [1.82, 2.24) is 4.98 Å². The van der Waals surface area contributed by atoms with E-state index in [1.165, 1.54) is 5.56 Å². The summed E-state index contributed by atoms with van der Waals surface area (Å²) in [5.41, 5.74) is 2.20. The maximum atomic E-state index is 10.9. The third kappa shape index (κ3) is 2.40. The number of Topliss-reactive ketones (excluding diaryl/α,β-unsaturated/α-hetero) is 1. The van der Waals surface area contributed by atoms with E-state index >= 15 is 0 Å². The van der Waals surface area contributed by atoms with Crippen LogP contribution >= 0.6 is 0 Å². The van der Waals surface area contributed by atoms with Crippen molar-refractivity contribution in [3.63, 3.8) is 0 Å². The average Bonchev–Trinajstić information content (AvgIpc) is 2.26. The van der Waals surface area contributed by atoms with Gasteiger partial charge >= 0.3 is 0 Å².